The number of carbonyl (C=O) groups excluding carboxylic acids is 2. The van der Waals surface area contributed by atoms with Gasteiger partial charge in [-0.3, -0.25) is 14.5 Å². The molecule has 3 aromatic carbocycles. The molecule has 34 heavy (non-hydrogen) atoms. The van der Waals surface area contributed by atoms with E-state index < -0.39 is 0 Å². The topological polar surface area (TPSA) is 42.3 Å². The van der Waals surface area contributed by atoms with E-state index in [4.69, 9.17) is 23.2 Å². The maximum Gasteiger partial charge on any atom is 0.293 e. The molecule has 2 heterocycles. The van der Waals surface area contributed by atoms with Gasteiger partial charge in [-0.05, 0) is 59.3 Å². The van der Waals surface area contributed by atoms with E-state index in [1.54, 1.807) is 36.4 Å². The smallest absolute Gasteiger partial charge is 0.293 e. The number of imide groups is 1. The van der Waals surface area contributed by atoms with Crippen LogP contribution in [0.2, 0.25) is 10.0 Å². The first-order chi connectivity index (χ1) is 16.4. The lowest BCUT2D eigenvalue weighted by Gasteiger charge is -2.12. The fraction of sp³-hybridized carbons (Fsp3) is 0.0769. The van der Waals surface area contributed by atoms with Gasteiger partial charge in [-0.15, -0.1) is 0 Å². The van der Waals surface area contributed by atoms with Crippen LogP contribution < -0.4 is 0 Å². The minimum Gasteiger partial charge on any atom is -0.342 e. The van der Waals surface area contributed by atoms with Crippen molar-refractivity contribution >= 4 is 63.1 Å². The van der Waals surface area contributed by atoms with E-state index in [-0.39, 0.29) is 23.5 Å². The van der Waals surface area contributed by atoms with Crippen molar-refractivity contribution in [3.05, 3.63) is 110 Å². The summed E-state index contributed by atoms with van der Waals surface area (Å²) in [6, 6.07) is 19.2. The molecule has 0 radical (unpaired) electrons. The summed E-state index contributed by atoms with van der Waals surface area (Å²) in [4.78, 5) is 27.2. The first kappa shape index (κ1) is 22.7. The normalized spacial score (nSPS) is 15.1. The van der Waals surface area contributed by atoms with Gasteiger partial charge in [0.05, 0.1) is 21.5 Å². The van der Waals surface area contributed by atoms with Crippen LogP contribution in [0.25, 0.3) is 17.0 Å². The maximum atomic E-state index is 13.3. The average Bonchev–Trinajstić information content (AvgIpc) is 3.30. The van der Waals surface area contributed by atoms with Gasteiger partial charge in [0.15, 0.2) is 0 Å². The second kappa shape index (κ2) is 9.29. The molecule has 0 bridgehead atoms. The predicted molar refractivity (Wildman–Crippen MR) is 135 cm³/mol. The van der Waals surface area contributed by atoms with Crippen LogP contribution in [0.4, 0.5) is 9.18 Å². The van der Waals surface area contributed by atoms with Crippen molar-refractivity contribution in [1.82, 2.24) is 9.47 Å². The number of thioether (sulfide) groups is 1. The molecule has 1 aliphatic rings. The lowest BCUT2D eigenvalue weighted by atomic mass is 10.1. The Bertz CT molecular complexity index is 1460. The Balaban J connectivity index is 1.44. The van der Waals surface area contributed by atoms with Crippen molar-refractivity contribution in [3.8, 4) is 0 Å². The molecule has 1 aromatic heterocycles. The van der Waals surface area contributed by atoms with E-state index in [9.17, 15) is 14.0 Å². The molecule has 4 aromatic rings. The van der Waals surface area contributed by atoms with Crippen molar-refractivity contribution in [2.75, 3.05) is 0 Å². The van der Waals surface area contributed by atoms with Crippen molar-refractivity contribution < 1.29 is 14.0 Å². The van der Waals surface area contributed by atoms with Crippen LogP contribution in [0.15, 0.2) is 77.8 Å². The zero-order valence-electron chi connectivity index (χ0n) is 17.7. The number of carbonyl (C=O) groups is 2. The summed E-state index contributed by atoms with van der Waals surface area (Å²) in [5.74, 6) is -0.630. The summed E-state index contributed by atoms with van der Waals surface area (Å²) in [6.45, 7) is 0.665. The van der Waals surface area contributed by atoms with Gasteiger partial charge in [0.25, 0.3) is 11.1 Å². The Morgan fingerprint density at radius 1 is 0.882 bits per heavy atom. The molecular formula is C26H17Cl2FN2O2S. The van der Waals surface area contributed by atoms with Crippen LogP contribution >= 0.6 is 35.0 Å². The lowest BCUT2D eigenvalue weighted by molar-refractivity contribution is -0.123. The number of rotatable bonds is 5. The molecule has 0 unspecified atom stereocenters. The second-order valence-electron chi connectivity index (χ2n) is 7.87. The quantitative estimate of drug-likeness (QED) is 0.263. The van der Waals surface area contributed by atoms with Crippen molar-refractivity contribution in [2.45, 2.75) is 13.1 Å². The molecule has 2 amide bonds. The van der Waals surface area contributed by atoms with Gasteiger partial charge in [-0.2, -0.15) is 0 Å². The number of hydrogen-bond acceptors (Lipinski definition) is 3. The van der Waals surface area contributed by atoms with Gasteiger partial charge in [0, 0.05) is 29.2 Å². The van der Waals surface area contributed by atoms with Gasteiger partial charge in [0.1, 0.15) is 5.82 Å². The fourth-order valence-electron chi connectivity index (χ4n) is 3.91. The van der Waals surface area contributed by atoms with Crippen LogP contribution in [-0.2, 0) is 17.9 Å². The number of fused-ring (bicyclic) bond motifs is 1. The molecule has 1 aliphatic heterocycles. The number of aromatic nitrogens is 1. The maximum absolute atomic E-state index is 13.3. The predicted octanol–water partition coefficient (Wildman–Crippen LogP) is 7.37. The number of para-hydroxylation sites is 1. The highest BCUT2D eigenvalue weighted by Crippen LogP contribution is 2.35. The molecule has 0 atom stereocenters. The number of amides is 2. The molecule has 0 aliphatic carbocycles. The summed E-state index contributed by atoms with van der Waals surface area (Å²) in [7, 11) is 0. The van der Waals surface area contributed by atoms with Gasteiger partial charge < -0.3 is 4.57 Å². The number of benzene rings is 3. The third-order valence-electron chi connectivity index (χ3n) is 5.57. The SMILES string of the molecule is O=C1S/C(=C\c2cn(Cc3ccc(F)cc3)c3ccccc23)C(=O)N1Cc1ccc(Cl)c(Cl)c1. The largest absolute Gasteiger partial charge is 0.342 e. The Labute approximate surface area is 209 Å². The van der Waals surface area contributed by atoms with Crippen LogP contribution in [0.1, 0.15) is 16.7 Å². The summed E-state index contributed by atoms with van der Waals surface area (Å²) >= 11 is 13.0. The monoisotopic (exact) mass is 510 g/mol. The van der Waals surface area contributed by atoms with Crippen molar-refractivity contribution in [1.29, 1.82) is 0 Å². The van der Waals surface area contributed by atoms with Gasteiger partial charge in [0.2, 0.25) is 0 Å². The number of halogens is 3. The minimum atomic E-state index is -0.351. The van der Waals surface area contributed by atoms with Gasteiger partial charge >= 0.3 is 0 Å². The van der Waals surface area contributed by atoms with Gasteiger partial charge in [-0.1, -0.05) is 59.6 Å². The molecule has 4 nitrogen and oxygen atoms in total. The van der Waals surface area contributed by atoms with E-state index in [2.05, 4.69) is 0 Å². The Morgan fingerprint density at radius 3 is 2.38 bits per heavy atom. The molecule has 8 heteroatoms. The highest BCUT2D eigenvalue weighted by atomic mass is 35.5. The highest BCUT2D eigenvalue weighted by Gasteiger charge is 2.35. The first-order valence-corrected chi connectivity index (χ1v) is 12.0. The summed E-state index contributed by atoms with van der Waals surface area (Å²) in [6.07, 6.45) is 3.70. The van der Waals surface area contributed by atoms with Crippen molar-refractivity contribution in [2.24, 2.45) is 0 Å². The standard InChI is InChI=1S/C26H17Cl2FN2O2S/c27-21-10-7-17(11-22(21)28)14-31-25(32)24(34-26(31)33)12-18-15-30(23-4-2-1-3-20(18)23)13-16-5-8-19(29)9-6-16/h1-12,15H,13-14H2/b24-12-. The van der Waals surface area contributed by atoms with E-state index in [0.717, 1.165) is 33.8 Å². The molecule has 0 spiro atoms. The summed E-state index contributed by atoms with van der Waals surface area (Å²) in [5.41, 5.74) is 3.48. The van der Waals surface area contributed by atoms with Crippen LogP contribution in [0.3, 0.4) is 0 Å². The molecule has 1 saturated heterocycles. The van der Waals surface area contributed by atoms with E-state index >= 15 is 0 Å². The van der Waals surface area contributed by atoms with E-state index in [1.165, 1.54) is 17.0 Å². The first-order valence-electron chi connectivity index (χ1n) is 10.4. The van der Waals surface area contributed by atoms with Crippen LogP contribution in [-0.4, -0.2) is 20.6 Å². The lowest BCUT2D eigenvalue weighted by Crippen LogP contribution is -2.27. The van der Waals surface area contributed by atoms with Gasteiger partial charge in [-0.25, -0.2) is 4.39 Å². The Kier molecular flexibility index (Phi) is 6.21. The molecule has 0 N–H and O–H groups in total. The Morgan fingerprint density at radius 2 is 1.62 bits per heavy atom. The highest BCUT2D eigenvalue weighted by molar-refractivity contribution is 8.18. The second-order valence-corrected chi connectivity index (χ2v) is 9.68. The summed E-state index contributed by atoms with van der Waals surface area (Å²) < 4.78 is 15.3. The van der Waals surface area contributed by atoms with E-state index in [1.807, 2.05) is 35.0 Å². The molecule has 0 saturated carbocycles. The fourth-order valence-corrected chi connectivity index (χ4v) is 5.06. The molecular weight excluding hydrogens is 494 g/mol. The molecule has 170 valence electrons. The average molecular weight is 511 g/mol. The zero-order chi connectivity index (χ0) is 23.8. The van der Waals surface area contributed by atoms with Crippen molar-refractivity contribution in [3.63, 3.8) is 0 Å². The number of nitrogens with zero attached hydrogens (tertiary/aromatic N) is 2. The summed E-state index contributed by atoms with van der Waals surface area (Å²) in [5, 5.41) is 1.41. The molecule has 1 fully saturated rings. The van der Waals surface area contributed by atoms with Crippen LogP contribution in [0, 0.1) is 5.82 Å². The number of hydrogen-bond donors (Lipinski definition) is 0. The van der Waals surface area contributed by atoms with Crippen LogP contribution in [0.5, 0.6) is 0 Å². The minimum absolute atomic E-state index is 0.116. The third-order valence-corrected chi connectivity index (χ3v) is 7.22. The van der Waals surface area contributed by atoms with E-state index in [0.29, 0.717) is 27.1 Å². The third kappa shape index (κ3) is 4.49. The molecule has 5 rings (SSSR count). The zero-order valence-corrected chi connectivity index (χ0v) is 20.0. The Hall–Kier alpha value is -3.06.